The van der Waals surface area contributed by atoms with E-state index in [1.54, 1.807) is 0 Å². The predicted molar refractivity (Wildman–Crippen MR) is 86.3 cm³/mol. The number of piperidine rings is 1. The van der Waals surface area contributed by atoms with Crippen LogP contribution < -0.4 is 5.32 Å². The Morgan fingerprint density at radius 2 is 2.00 bits per heavy atom. The summed E-state index contributed by atoms with van der Waals surface area (Å²) in [5.41, 5.74) is 1.07. The first-order chi connectivity index (χ1) is 9.25. The van der Waals surface area contributed by atoms with E-state index in [4.69, 9.17) is 0 Å². The van der Waals surface area contributed by atoms with Gasteiger partial charge in [0.25, 0.3) is 0 Å². The van der Waals surface area contributed by atoms with Gasteiger partial charge in [-0.1, -0.05) is 6.42 Å². The molecule has 0 aliphatic carbocycles. The lowest BCUT2D eigenvalue weighted by Crippen LogP contribution is -2.32. The third-order valence-electron chi connectivity index (χ3n) is 3.45. The summed E-state index contributed by atoms with van der Waals surface area (Å²) < 4.78 is 2.07. The highest BCUT2D eigenvalue weighted by atomic mass is 79.9. The van der Waals surface area contributed by atoms with E-state index in [0.29, 0.717) is 0 Å². The van der Waals surface area contributed by atoms with Crippen molar-refractivity contribution in [1.82, 2.24) is 15.2 Å². The number of hydrogen-bond acceptors (Lipinski definition) is 3. The van der Waals surface area contributed by atoms with Crippen molar-refractivity contribution in [3.63, 3.8) is 0 Å². The second-order valence-corrected chi connectivity index (χ2v) is 6.78. The van der Waals surface area contributed by atoms with Crippen LogP contribution in [0.15, 0.2) is 21.2 Å². The molecule has 5 heteroatoms. The monoisotopic (exact) mass is 389 g/mol. The molecule has 1 aliphatic heterocycles. The topological polar surface area (TPSA) is 28.2 Å². The fraction of sp³-hybridized carbons (Fsp3) is 0.643. The molecule has 1 aromatic heterocycles. The Hall–Kier alpha value is 0.0300. The van der Waals surface area contributed by atoms with Crippen molar-refractivity contribution in [3.8, 4) is 0 Å². The van der Waals surface area contributed by atoms with Crippen LogP contribution in [-0.2, 0) is 6.54 Å². The maximum absolute atomic E-state index is 4.40. The molecular weight excluding hydrogens is 370 g/mol. The molecule has 19 heavy (non-hydrogen) atoms. The quantitative estimate of drug-likeness (QED) is 0.752. The summed E-state index contributed by atoms with van der Waals surface area (Å²) in [5, 5.41) is 3.47. The number of likely N-dealkylation sites (tertiary alicyclic amines) is 1. The maximum atomic E-state index is 4.40. The highest BCUT2D eigenvalue weighted by Gasteiger charge is 2.08. The smallest absolute Gasteiger partial charge is 0.0684 e. The van der Waals surface area contributed by atoms with Gasteiger partial charge >= 0.3 is 0 Å². The minimum absolute atomic E-state index is 0.827. The van der Waals surface area contributed by atoms with Crippen molar-refractivity contribution in [2.24, 2.45) is 0 Å². The molecule has 0 aromatic carbocycles. The Bertz CT molecular complexity index is 392. The van der Waals surface area contributed by atoms with E-state index in [1.165, 1.54) is 45.3 Å². The lowest BCUT2D eigenvalue weighted by molar-refractivity contribution is 0.225. The number of pyridine rings is 1. The van der Waals surface area contributed by atoms with Gasteiger partial charge in [0.15, 0.2) is 0 Å². The van der Waals surface area contributed by atoms with Gasteiger partial charge in [-0.25, -0.2) is 0 Å². The number of nitrogens with one attached hydrogen (secondary N) is 1. The SMILES string of the molecule is Brc1cnc(CNCCCN2CCCCC2)c(Br)c1. The summed E-state index contributed by atoms with van der Waals surface area (Å²) in [5.74, 6) is 0. The number of halogens is 2. The Kier molecular flexibility index (Phi) is 6.77. The van der Waals surface area contributed by atoms with E-state index in [9.17, 15) is 0 Å². The van der Waals surface area contributed by atoms with E-state index in [-0.39, 0.29) is 0 Å². The van der Waals surface area contributed by atoms with Crippen molar-refractivity contribution < 1.29 is 0 Å². The van der Waals surface area contributed by atoms with Crippen LogP contribution in [0.2, 0.25) is 0 Å². The summed E-state index contributed by atoms with van der Waals surface area (Å²) >= 11 is 6.95. The van der Waals surface area contributed by atoms with Gasteiger partial charge in [0, 0.05) is 21.7 Å². The molecule has 1 fully saturated rings. The van der Waals surface area contributed by atoms with Crippen molar-refractivity contribution >= 4 is 31.9 Å². The molecule has 3 nitrogen and oxygen atoms in total. The molecule has 1 N–H and O–H groups in total. The number of hydrogen-bond donors (Lipinski definition) is 1. The van der Waals surface area contributed by atoms with Crippen LogP contribution >= 0.6 is 31.9 Å². The molecule has 2 heterocycles. The molecular formula is C14H21Br2N3. The molecule has 0 amide bonds. The minimum atomic E-state index is 0.827. The molecule has 1 aromatic rings. The van der Waals surface area contributed by atoms with Crippen molar-refractivity contribution in [3.05, 3.63) is 26.9 Å². The first kappa shape index (κ1) is 15.4. The van der Waals surface area contributed by atoms with Crippen molar-refractivity contribution in [2.75, 3.05) is 26.2 Å². The Morgan fingerprint density at radius 1 is 1.21 bits per heavy atom. The van der Waals surface area contributed by atoms with Crippen LogP contribution in [0.3, 0.4) is 0 Å². The second kappa shape index (κ2) is 8.35. The summed E-state index contributed by atoms with van der Waals surface area (Å²) in [7, 11) is 0. The second-order valence-electron chi connectivity index (χ2n) is 5.01. The third-order valence-corrected chi connectivity index (χ3v) is 4.57. The lowest BCUT2D eigenvalue weighted by atomic mass is 10.1. The van der Waals surface area contributed by atoms with E-state index >= 15 is 0 Å². The zero-order chi connectivity index (χ0) is 13.5. The third kappa shape index (κ3) is 5.50. The molecule has 1 saturated heterocycles. The molecule has 2 rings (SSSR count). The summed E-state index contributed by atoms with van der Waals surface area (Å²) in [6.07, 6.45) is 7.23. The molecule has 106 valence electrons. The van der Waals surface area contributed by atoms with E-state index in [0.717, 1.165) is 27.7 Å². The normalized spacial score (nSPS) is 16.7. The molecule has 0 spiro atoms. The van der Waals surface area contributed by atoms with Crippen molar-refractivity contribution in [1.29, 1.82) is 0 Å². The van der Waals surface area contributed by atoms with E-state index in [2.05, 4.69) is 47.1 Å². The molecule has 0 unspecified atom stereocenters. The number of rotatable bonds is 6. The van der Waals surface area contributed by atoms with Crippen molar-refractivity contribution in [2.45, 2.75) is 32.2 Å². The molecule has 0 saturated carbocycles. The van der Waals surface area contributed by atoms with Gasteiger partial charge in [-0.05, 0) is 83.4 Å². The Morgan fingerprint density at radius 3 is 2.74 bits per heavy atom. The van der Waals surface area contributed by atoms with Gasteiger partial charge in [-0.3, -0.25) is 4.98 Å². The predicted octanol–water partition coefficient (Wildman–Crippen LogP) is 3.57. The Labute approximate surface area is 132 Å². The zero-order valence-corrected chi connectivity index (χ0v) is 14.3. The van der Waals surface area contributed by atoms with Crippen LogP contribution in [0.25, 0.3) is 0 Å². The standard InChI is InChI=1S/C14H21Br2N3/c15-12-9-13(16)14(18-10-12)11-17-5-4-8-19-6-2-1-3-7-19/h9-10,17H,1-8,11H2. The van der Waals surface area contributed by atoms with Gasteiger partial charge in [-0.15, -0.1) is 0 Å². The number of aromatic nitrogens is 1. The average Bonchev–Trinajstić information content (AvgIpc) is 2.42. The van der Waals surface area contributed by atoms with Gasteiger partial charge < -0.3 is 10.2 Å². The molecule has 1 aliphatic rings. The molecule has 0 atom stereocenters. The van der Waals surface area contributed by atoms with Crippen LogP contribution in [0.4, 0.5) is 0 Å². The first-order valence-electron chi connectivity index (χ1n) is 6.99. The largest absolute Gasteiger partial charge is 0.311 e. The summed E-state index contributed by atoms with van der Waals surface area (Å²) in [4.78, 5) is 6.98. The van der Waals surface area contributed by atoms with Crippen LogP contribution in [0, 0.1) is 0 Å². The molecule has 0 bridgehead atoms. The highest BCUT2D eigenvalue weighted by Crippen LogP contribution is 2.19. The average molecular weight is 391 g/mol. The van der Waals surface area contributed by atoms with Gasteiger partial charge in [0.2, 0.25) is 0 Å². The van der Waals surface area contributed by atoms with Crippen LogP contribution in [0.5, 0.6) is 0 Å². The van der Waals surface area contributed by atoms with Crippen LogP contribution in [0.1, 0.15) is 31.4 Å². The van der Waals surface area contributed by atoms with Gasteiger partial charge in [0.1, 0.15) is 0 Å². The van der Waals surface area contributed by atoms with Gasteiger partial charge in [0.05, 0.1) is 5.69 Å². The van der Waals surface area contributed by atoms with E-state index in [1.807, 2.05) is 12.3 Å². The summed E-state index contributed by atoms with van der Waals surface area (Å²) in [6, 6.07) is 2.04. The zero-order valence-electron chi connectivity index (χ0n) is 11.2. The molecule has 0 radical (unpaired) electrons. The van der Waals surface area contributed by atoms with E-state index < -0.39 is 0 Å². The summed E-state index contributed by atoms with van der Waals surface area (Å²) in [6.45, 7) is 5.69. The lowest BCUT2D eigenvalue weighted by Gasteiger charge is -2.26. The fourth-order valence-electron chi connectivity index (χ4n) is 2.39. The highest BCUT2D eigenvalue weighted by molar-refractivity contribution is 9.11. The first-order valence-corrected chi connectivity index (χ1v) is 8.57. The van der Waals surface area contributed by atoms with Gasteiger partial charge in [-0.2, -0.15) is 0 Å². The van der Waals surface area contributed by atoms with Crippen LogP contribution in [-0.4, -0.2) is 36.1 Å². The maximum Gasteiger partial charge on any atom is 0.0684 e. The number of nitrogens with zero attached hydrogens (tertiary/aromatic N) is 2. The Balaban J connectivity index is 1.61. The fourth-order valence-corrected chi connectivity index (χ4v) is 3.52. The minimum Gasteiger partial charge on any atom is -0.311 e.